The highest BCUT2D eigenvalue weighted by molar-refractivity contribution is 6.05. The molecule has 4 rings (SSSR count). The minimum absolute atomic E-state index is 0.131. The average Bonchev–Trinajstić information content (AvgIpc) is 2.94. The van der Waals surface area contributed by atoms with Crippen molar-refractivity contribution in [3.05, 3.63) is 81.0 Å². The van der Waals surface area contributed by atoms with Crippen LogP contribution in [0.2, 0.25) is 0 Å². The zero-order valence-electron chi connectivity index (χ0n) is 14.3. The molecule has 0 amide bonds. The molecule has 0 saturated heterocycles. The third kappa shape index (κ3) is 2.22. The molecule has 1 atom stereocenters. The fourth-order valence-corrected chi connectivity index (χ4v) is 4.10. The Bertz CT molecular complexity index is 1040. The Morgan fingerprint density at radius 1 is 1.23 bits per heavy atom. The Hall–Kier alpha value is -3.15. The van der Waals surface area contributed by atoms with Crippen LogP contribution in [0.3, 0.4) is 0 Å². The molecule has 0 radical (unpaired) electrons. The maximum Gasteiger partial charge on any atom is 0.338 e. The van der Waals surface area contributed by atoms with Gasteiger partial charge >= 0.3 is 5.97 Å². The van der Waals surface area contributed by atoms with Crippen LogP contribution in [0.25, 0.3) is 10.9 Å². The summed E-state index contributed by atoms with van der Waals surface area (Å²) >= 11 is 0. The van der Waals surface area contributed by atoms with Gasteiger partial charge < -0.3 is 9.67 Å². The van der Waals surface area contributed by atoms with E-state index in [1.54, 1.807) is 24.3 Å². The van der Waals surface area contributed by atoms with E-state index in [1.807, 2.05) is 35.8 Å². The molecule has 1 aliphatic rings. The van der Waals surface area contributed by atoms with Crippen LogP contribution in [0.4, 0.5) is 0 Å². The van der Waals surface area contributed by atoms with Crippen LogP contribution < -0.4 is 0 Å². The molecule has 1 unspecified atom stereocenters. The lowest BCUT2D eigenvalue weighted by molar-refractivity contribution is -0.585. The molecular weight excluding hydrogens is 332 g/mol. The van der Waals surface area contributed by atoms with E-state index in [-0.39, 0.29) is 23.5 Å². The smallest absolute Gasteiger partial charge is 0.338 e. The summed E-state index contributed by atoms with van der Waals surface area (Å²) in [6.07, 6.45) is 0.630. The lowest BCUT2D eigenvalue weighted by Gasteiger charge is -2.31. The number of aryl methyl sites for hydroxylation is 1. The Balaban J connectivity index is 1.97. The number of carbonyl (C=O) groups is 1. The van der Waals surface area contributed by atoms with E-state index in [1.165, 1.54) is 0 Å². The van der Waals surface area contributed by atoms with Crippen LogP contribution in [0.15, 0.2) is 48.5 Å². The van der Waals surface area contributed by atoms with Gasteiger partial charge in [-0.05, 0) is 25.5 Å². The van der Waals surface area contributed by atoms with E-state index >= 15 is 0 Å². The van der Waals surface area contributed by atoms with Crippen molar-refractivity contribution < 1.29 is 14.8 Å². The SMILES string of the molecule is Cc1ccc2c(c1)c(C(=O)O)c1n2CC(c2ccccc2)([N+](=O)[O-])CC1. The van der Waals surface area contributed by atoms with Crippen molar-refractivity contribution in [2.75, 3.05) is 0 Å². The topological polar surface area (TPSA) is 85.4 Å². The predicted molar refractivity (Wildman–Crippen MR) is 97.1 cm³/mol. The Morgan fingerprint density at radius 3 is 2.62 bits per heavy atom. The summed E-state index contributed by atoms with van der Waals surface area (Å²) in [7, 11) is 0. The molecule has 1 N–H and O–H groups in total. The van der Waals surface area contributed by atoms with Crippen LogP contribution in [-0.4, -0.2) is 20.6 Å². The van der Waals surface area contributed by atoms with Crippen LogP contribution in [-0.2, 0) is 18.5 Å². The molecule has 26 heavy (non-hydrogen) atoms. The second kappa shape index (κ2) is 5.69. The summed E-state index contributed by atoms with van der Waals surface area (Å²) in [5, 5.41) is 22.5. The lowest BCUT2D eigenvalue weighted by Crippen LogP contribution is -2.43. The van der Waals surface area contributed by atoms with Crippen molar-refractivity contribution >= 4 is 16.9 Å². The standard InChI is InChI=1S/C20H18N2O4/c1-13-7-8-16-15(11-13)18(19(23)24)17-9-10-20(22(25)26,12-21(16)17)14-5-3-2-4-6-14/h2-8,11H,9-10,12H2,1H3,(H,23,24). The molecule has 0 bridgehead atoms. The number of aromatic carboxylic acids is 1. The molecule has 132 valence electrons. The number of rotatable bonds is 3. The first-order valence-corrected chi connectivity index (χ1v) is 8.49. The second-order valence-electron chi connectivity index (χ2n) is 6.89. The van der Waals surface area contributed by atoms with Gasteiger partial charge in [0.05, 0.1) is 12.1 Å². The van der Waals surface area contributed by atoms with Crippen molar-refractivity contribution in [2.24, 2.45) is 0 Å². The number of aromatic nitrogens is 1. The minimum Gasteiger partial charge on any atom is -0.478 e. The quantitative estimate of drug-likeness (QED) is 0.575. The first kappa shape index (κ1) is 16.3. The molecule has 6 heteroatoms. The third-order valence-corrected chi connectivity index (χ3v) is 5.40. The van der Waals surface area contributed by atoms with E-state index < -0.39 is 11.5 Å². The van der Waals surface area contributed by atoms with Crippen LogP contribution in [0, 0.1) is 17.0 Å². The van der Waals surface area contributed by atoms with Crippen molar-refractivity contribution in [2.45, 2.75) is 31.8 Å². The van der Waals surface area contributed by atoms with Gasteiger partial charge in [0.2, 0.25) is 0 Å². The minimum atomic E-state index is -1.25. The molecule has 0 spiro atoms. The maximum atomic E-state index is 12.1. The van der Waals surface area contributed by atoms with Gasteiger partial charge in [-0.2, -0.15) is 0 Å². The summed E-state index contributed by atoms with van der Waals surface area (Å²) in [4.78, 5) is 23.8. The summed E-state index contributed by atoms with van der Waals surface area (Å²) < 4.78 is 1.83. The van der Waals surface area contributed by atoms with Crippen molar-refractivity contribution in [3.8, 4) is 0 Å². The highest BCUT2D eigenvalue weighted by Crippen LogP contribution is 2.40. The normalized spacial score (nSPS) is 19.3. The summed E-state index contributed by atoms with van der Waals surface area (Å²) in [6, 6.07) is 14.6. The zero-order chi connectivity index (χ0) is 18.5. The predicted octanol–water partition coefficient (Wildman–Crippen LogP) is 3.77. The maximum absolute atomic E-state index is 12.1. The van der Waals surface area contributed by atoms with E-state index in [0.717, 1.165) is 11.1 Å². The van der Waals surface area contributed by atoms with E-state index in [4.69, 9.17) is 0 Å². The first-order chi connectivity index (χ1) is 12.4. The van der Waals surface area contributed by atoms with E-state index in [2.05, 4.69) is 0 Å². The number of carboxylic acids is 1. The summed E-state index contributed by atoms with van der Waals surface area (Å²) in [5.41, 5.74) is 2.05. The first-order valence-electron chi connectivity index (χ1n) is 8.49. The van der Waals surface area contributed by atoms with Gasteiger partial charge in [0.15, 0.2) is 0 Å². The molecule has 1 aromatic heterocycles. The number of nitrogens with zero attached hydrogens (tertiary/aromatic N) is 2. The van der Waals surface area contributed by atoms with Gasteiger partial charge in [-0.25, -0.2) is 4.79 Å². The van der Waals surface area contributed by atoms with Crippen molar-refractivity contribution in [1.29, 1.82) is 0 Å². The Morgan fingerprint density at radius 2 is 1.96 bits per heavy atom. The van der Waals surface area contributed by atoms with Gasteiger partial charge in [-0.3, -0.25) is 10.1 Å². The zero-order valence-corrected chi connectivity index (χ0v) is 14.3. The molecule has 6 nitrogen and oxygen atoms in total. The highest BCUT2D eigenvalue weighted by atomic mass is 16.6. The van der Waals surface area contributed by atoms with Gasteiger partial charge in [-0.15, -0.1) is 0 Å². The second-order valence-corrected chi connectivity index (χ2v) is 6.89. The summed E-state index contributed by atoms with van der Waals surface area (Å²) in [5.74, 6) is -0.984. The van der Waals surface area contributed by atoms with Gasteiger partial charge in [0, 0.05) is 33.5 Å². The number of nitro groups is 1. The Kier molecular flexibility index (Phi) is 3.57. The number of benzene rings is 2. The summed E-state index contributed by atoms with van der Waals surface area (Å²) in [6.45, 7) is 2.04. The van der Waals surface area contributed by atoms with Crippen LogP contribution in [0.5, 0.6) is 0 Å². The average molecular weight is 350 g/mol. The highest BCUT2D eigenvalue weighted by Gasteiger charge is 2.49. The van der Waals surface area contributed by atoms with E-state index in [9.17, 15) is 20.0 Å². The number of carboxylic acid groups (broad SMARTS) is 1. The fourth-order valence-electron chi connectivity index (χ4n) is 4.10. The van der Waals surface area contributed by atoms with Crippen LogP contribution >= 0.6 is 0 Å². The molecule has 0 aliphatic carbocycles. The molecule has 1 aliphatic heterocycles. The van der Waals surface area contributed by atoms with Gasteiger partial charge in [0.25, 0.3) is 5.54 Å². The molecule has 0 fully saturated rings. The molecule has 0 saturated carbocycles. The number of fused-ring (bicyclic) bond motifs is 3. The van der Waals surface area contributed by atoms with Crippen LogP contribution in [0.1, 0.15) is 33.6 Å². The number of hydrogen-bond donors (Lipinski definition) is 1. The molecule has 2 heterocycles. The largest absolute Gasteiger partial charge is 0.478 e. The molecule has 2 aromatic carbocycles. The number of hydrogen-bond acceptors (Lipinski definition) is 3. The molecule has 3 aromatic rings. The fraction of sp³-hybridized carbons (Fsp3) is 0.250. The van der Waals surface area contributed by atoms with E-state index in [0.29, 0.717) is 23.1 Å². The molecular formula is C20H18N2O4. The van der Waals surface area contributed by atoms with Gasteiger partial charge in [-0.1, -0.05) is 42.0 Å². The van der Waals surface area contributed by atoms with Crippen molar-refractivity contribution in [1.82, 2.24) is 4.57 Å². The third-order valence-electron chi connectivity index (χ3n) is 5.40. The lowest BCUT2D eigenvalue weighted by atomic mass is 9.82. The Labute approximate surface area is 149 Å². The monoisotopic (exact) mass is 350 g/mol. The van der Waals surface area contributed by atoms with Gasteiger partial charge in [0.1, 0.15) is 0 Å². The van der Waals surface area contributed by atoms with Crippen molar-refractivity contribution in [3.63, 3.8) is 0 Å².